The highest BCUT2D eigenvalue weighted by Gasteiger charge is 2.35. The van der Waals surface area contributed by atoms with E-state index < -0.39 is 0 Å². The summed E-state index contributed by atoms with van der Waals surface area (Å²) in [6.07, 6.45) is 4.78. The number of nitrogens with zero attached hydrogens (tertiary/aromatic N) is 3. The molecule has 0 aromatic carbocycles. The van der Waals surface area contributed by atoms with E-state index in [9.17, 15) is 9.59 Å². The first-order chi connectivity index (χ1) is 10.4. The van der Waals surface area contributed by atoms with Crippen LogP contribution in [0.5, 0.6) is 0 Å². The Morgan fingerprint density at radius 1 is 1.09 bits per heavy atom. The molecule has 0 aliphatic carbocycles. The van der Waals surface area contributed by atoms with Crippen molar-refractivity contribution in [2.45, 2.75) is 51.1 Å². The lowest BCUT2D eigenvalue weighted by molar-refractivity contribution is -0.141. The molecule has 0 aromatic rings. The molecule has 2 rings (SSSR count). The van der Waals surface area contributed by atoms with Crippen LogP contribution in [0.25, 0.3) is 0 Å². The zero-order chi connectivity index (χ0) is 16.3. The first-order valence-electron chi connectivity index (χ1n) is 8.44. The summed E-state index contributed by atoms with van der Waals surface area (Å²) in [4.78, 5) is 30.2. The molecule has 6 nitrogen and oxygen atoms in total. The number of rotatable bonds is 2. The quantitative estimate of drug-likeness (QED) is 0.830. The number of likely N-dealkylation sites (tertiary alicyclic amines) is 2. The number of carbonyl (C=O) groups excluding carboxylic acids is 2. The number of piperidine rings is 2. The standard InChI is InChI=1S/C16H30N4O2/c1-12(17)14-6-4-5-9-20(14)15(21)13-7-10-19(11-8-13)16(22)18(2)3/h12-14H,4-11,17H2,1-3H3. The molecule has 2 aliphatic rings. The minimum absolute atomic E-state index is 0.0275. The van der Waals surface area contributed by atoms with Crippen LogP contribution in [0.15, 0.2) is 0 Å². The van der Waals surface area contributed by atoms with Crippen LogP contribution in [0, 0.1) is 5.92 Å². The SMILES string of the molecule is CC(N)C1CCCCN1C(=O)C1CCN(C(=O)N(C)C)CC1. The van der Waals surface area contributed by atoms with Gasteiger partial charge in [-0.3, -0.25) is 4.79 Å². The van der Waals surface area contributed by atoms with Crippen LogP contribution in [0.4, 0.5) is 4.79 Å². The molecule has 0 radical (unpaired) electrons. The first kappa shape index (κ1) is 17.1. The molecule has 2 fully saturated rings. The summed E-state index contributed by atoms with van der Waals surface area (Å²) in [5, 5.41) is 0. The minimum Gasteiger partial charge on any atom is -0.338 e. The lowest BCUT2D eigenvalue weighted by Crippen LogP contribution is -2.54. The molecule has 2 heterocycles. The zero-order valence-corrected chi connectivity index (χ0v) is 14.1. The summed E-state index contributed by atoms with van der Waals surface area (Å²) >= 11 is 0. The number of nitrogens with two attached hydrogens (primary N) is 1. The van der Waals surface area contributed by atoms with Crippen molar-refractivity contribution in [1.29, 1.82) is 0 Å². The second-order valence-electron chi connectivity index (χ2n) is 6.89. The van der Waals surface area contributed by atoms with Gasteiger partial charge in [-0.1, -0.05) is 0 Å². The monoisotopic (exact) mass is 310 g/mol. The van der Waals surface area contributed by atoms with E-state index in [0.29, 0.717) is 13.1 Å². The zero-order valence-electron chi connectivity index (χ0n) is 14.1. The first-order valence-corrected chi connectivity index (χ1v) is 8.44. The van der Waals surface area contributed by atoms with E-state index in [0.717, 1.165) is 38.6 Å². The van der Waals surface area contributed by atoms with E-state index in [4.69, 9.17) is 5.73 Å². The van der Waals surface area contributed by atoms with Crippen molar-refractivity contribution in [1.82, 2.24) is 14.7 Å². The van der Waals surface area contributed by atoms with Crippen LogP contribution in [0.2, 0.25) is 0 Å². The third-order valence-electron chi connectivity index (χ3n) is 4.94. The Bertz CT molecular complexity index is 403. The molecular formula is C16H30N4O2. The maximum absolute atomic E-state index is 12.8. The van der Waals surface area contributed by atoms with Gasteiger partial charge in [-0.05, 0) is 39.0 Å². The molecule has 126 valence electrons. The van der Waals surface area contributed by atoms with Gasteiger partial charge in [-0.15, -0.1) is 0 Å². The van der Waals surface area contributed by atoms with E-state index >= 15 is 0 Å². The molecule has 2 unspecified atom stereocenters. The summed E-state index contributed by atoms with van der Waals surface area (Å²) in [6.45, 7) is 4.17. The Balaban J connectivity index is 1.92. The second kappa shape index (κ2) is 7.31. The van der Waals surface area contributed by atoms with Crippen molar-refractivity contribution in [3.05, 3.63) is 0 Å². The van der Waals surface area contributed by atoms with Gasteiger partial charge in [-0.2, -0.15) is 0 Å². The van der Waals surface area contributed by atoms with Crippen LogP contribution in [-0.2, 0) is 4.79 Å². The van der Waals surface area contributed by atoms with Crippen molar-refractivity contribution < 1.29 is 9.59 Å². The van der Waals surface area contributed by atoms with Gasteiger partial charge in [0.25, 0.3) is 0 Å². The fraction of sp³-hybridized carbons (Fsp3) is 0.875. The fourth-order valence-electron chi connectivity index (χ4n) is 3.61. The maximum atomic E-state index is 12.8. The molecule has 2 aliphatic heterocycles. The Labute approximate surface area is 133 Å². The molecule has 6 heteroatoms. The number of urea groups is 1. The fourth-order valence-corrected chi connectivity index (χ4v) is 3.61. The van der Waals surface area contributed by atoms with Crippen LogP contribution in [-0.4, -0.2) is 72.5 Å². The van der Waals surface area contributed by atoms with Gasteiger partial charge < -0.3 is 20.4 Å². The molecule has 2 saturated heterocycles. The number of hydrogen-bond donors (Lipinski definition) is 1. The molecule has 0 saturated carbocycles. The lowest BCUT2D eigenvalue weighted by atomic mass is 9.91. The molecule has 0 bridgehead atoms. The predicted octanol–water partition coefficient (Wildman–Crippen LogP) is 1.11. The highest BCUT2D eigenvalue weighted by molar-refractivity contribution is 5.80. The topological polar surface area (TPSA) is 69.9 Å². The Morgan fingerprint density at radius 2 is 1.73 bits per heavy atom. The van der Waals surface area contributed by atoms with Gasteiger partial charge in [0.1, 0.15) is 0 Å². The van der Waals surface area contributed by atoms with Gasteiger partial charge in [0.15, 0.2) is 0 Å². The van der Waals surface area contributed by atoms with E-state index in [2.05, 4.69) is 0 Å². The molecule has 3 amide bonds. The van der Waals surface area contributed by atoms with Gasteiger partial charge in [0.05, 0.1) is 0 Å². The van der Waals surface area contributed by atoms with Crippen LogP contribution in [0.3, 0.4) is 0 Å². The smallest absolute Gasteiger partial charge is 0.319 e. The number of carbonyl (C=O) groups is 2. The molecule has 0 aromatic heterocycles. The minimum atomic E-state index is 0.0275. The third-order valence-corrected chi connectivity index (χ3v) is 4.94. The maximum Gasteiger partial charge on any atom is 0.319 e. The van der Waals surface area contributed by atoms with Crippen molar-refractivity contribution in [2.24, 2.45) is 11.7 Å². The van der Waals surface area contributed by atoms with Crippen molar-refractivity contribution in [3.8, 4) is 0 Å². The Morgan fingerprint density at radius 3 is 2.27 bits per heavy atom. The third kappa shape index (κ3) is 3.72. The van der Waals surface area contributed by atoms with Gasteiger partial charge >= 0.3 is 6.03 Å². The van der Waals surface area contributed by atoms with E-state index in [1.165, 1.54) is 0 Å². The lowest BCUT2D eigenvalue weighted by Gasteiger charge is -2.41. The second-order valence-corrected chi connectivity index (χ2v) is 6.89. The highest BCUT2D eigenvalue weighted by Crippen LogP contribution is 2.26. The van der Waals surface area contributed by atoms with Gasteiger partial charge in [-0.25, -0.2) is 4.79 Å². The van der Waals surface area contributed by atoms with Gasteiger partial charge in [0.2, 0.25) is 5.91 Å². The van der Waals surface area contributed by atoms with Crippen molar-refractivity contribution in [2.75, 3.05) is 33.7 Å². The molecule has 22 heavy (non-hydrogen) atoms. The Kier molecular flexibility index (Phi) is 5.67. The van der Waals surface area contributed by atoms with Crippen LogP contribution >= 0.6 is 0 Å². The van der Waals surface area contributed by atoms with Crippen LogP contribution < -0.4 is 5.73 Å². The molecular weight excluding hydrogens is 280 g/mol. The normalized spacial score (nSPS) is 25.0. The van der Waals surface area contributed by atoms with Crippen LogP contribution in [0.1, 0.15) is 39.0 Å². The average molecular weight is 310 g/mol. The molecule has 2 N–H and O–H groups in total. The van der Waals surface area contributed by atoms with E-state index in [-0.39, 0.29) is 29.9 Å². The largest absolute Gasteiger partial charge is 0.338 e. The van der Waals surface area contributed by atoms with Crippen molar-refractivity contribution in [3.63, 3.8) is 0 Å². The van der Waals surface area contributed by atoms with Gasteiger partial charge in [0, 0.05) is 51.7 Å². The number of amides is 3. The summed E-state index contributed by atoms with van der Waals surface area (Å²) in [5.41, 5.74) is 6.07. The summed E-state index contributed by atoms with van der Waals surface area (Å²) in [7, 11) is 3.53. The van der Waals surface area contributed by atoms with Crippen molar-refractivity contribution >= 4 is 11.9 Å². The summed E-state index contributed by atoms with van der Waals surface area (Å²) < 4.78 is 0. The molecule has 0 spiro atoms. The van der Waals surface area contributed by atoms with E-state index in [1.54, 1.807) is 19.0 Å². The predicted molar refractivity (Wildman–Crippen MR) is 86.4 cm³/mol. The summed E-state index contributed by atoms with van der Waals surface area (Å²) in [6, 6.07) is 0.250. The Hall–Kier alpha value is -1.30. The summed E-state index contributed by atoms with van der Waals surface area (Å²) in [5.74, 6) is 0.296. The highest BCUT2D eigenvalue weighted by atomic mass is 16.2. The molecule has 2 atom stereocenters. The number of hydrogen-bond acceptors (Lipinski definition) is 3. The average Bonchev–Trinajstić information content (AvgIpc) is 2.53. The van der Waals surface area contributed by atoms with E-state index in [1.807, 2.05) is 16.7 Å².